The lowest BCUT2D eigenvalue weighted by molar-refractivity contribution is 0.191. The molecular formula is C16H18FNO2. The van der Waals surface area contributed by atoms with E-state index in [0.717, 1.165) is 11.4 Å². The Labute approximate surface area is 118 Å². The zero-order valence-corrected chi connectivity index (χ0v) is 11.3. The Morgan fingerprint density at radius 3 is 2.55 bits per heavy atom. The number of nitrogens with one attached hydrogen (secondary N) is 1. The second-order valence-electron chi connectivity index (χ2n) is 4.38. The van der Waals surface area contributed by atoms with E-state index in [0.29, 0.717) is 18.7 Å². The number of halogens is 1. The van der Waals surface area contributed by atoms with Crippen LogP contribution >= 0.6 is 0 Å². The summed E-state index contributed by atoms with van der Waals surface area (Å²) in [7, 11) is 0. The fraction of sp³-hybridized carbons (Fsp3) is 0.250. The van der Waals surface area contributed by atoms with E-state index >= 15 is 0 Å². The number of hydrogen-bond acceptors (Lipinski definition) is 3. The fourth-order valence-corrected chi connectivity index (χ4v) is 1.90. The van der Waals surface area contributed by atoms with Crippen LogP contribution < -0.4 is 10.1 Å². The third kappa shape index (κ3) is 3.71. The number of para-hydroxylation sites is 2. The van der Waals surface area contributed by atoms with Crippen molar-refractivity contribution < 1.29 is 14.2 Å². The minimum atomic E-state index is -0.703. The predicted octanol–water partition coefficient (Wildman–Crippen LogP) is 3.37. The van der Waals surface area contributed by atoms with Crippen molar-refractivity contribution in [1.82, 2.24) is 0 Å². The summed E-state index contributed by atoms with van der Waals surface area (Å²) in [5, 5.41) is 13.2. The zero-order chi connectivity index (χ0) is 14.4. The Balaban J connectivity index is 1.99. The van der Waals surface area contributed by atoms with Crippen molar-refractivity contribution in [2.45, 2.75) is 13.0 Å². The molecule has 0 aliphatic rings. The average Bonchev–Trinajstić information content (AvgIpc) is 2.47. The van der Waals surface area contributed by atoms with Crippen LogP contribution in [0.1, 0.15) is 18.6 Å². The van der Waals surface area contributed by atoms with Crippen LogP contribution in [0.3, 0.4) is 0 Å². The van der Waals surface area contributed by atoms with Gasteiger partial charge >= 0.3 is 0 Å². The van der Waals surface area contributed by atoms with Gasteiger partial charge in [-0.1, -0.05) is 24.3 Å². The molecule has 3 nitrogen and oxygen atoms in total. The number of anilines is 1. The molecule has 0 amide bonds. The van der Waals surface area contributed by atoms with E-state index in [2.05, 4.69) is 5.32 Å². The summed E-state index contributed by atoms with van der Waals surface area (Å²) < 4.78 is 18.3. The molecule has 0 fully saturated rings. The Morgan fingerprint density at radius 1 is 1.15 bits per heavy atom. The minimum Gasteiger partial charge on any atom is -0.492 e. The van der Waals surface area contributed by atoms with Gasteiger partial charge in [0.1, 0.15) is 11.6 Å². The van der Waals surface area contributed by atoms with Crippen molar-refractivity contribution in [3.8, 4) is 5.75 Å². The third-order valence-corrected chi connectivity index (χ3v) is 2.93. The molecule has 0 spiro atoms. The van der Waals surface area contributed by atoms with Crippen LogP contribution in [0.4, 0.5) is 10.1 Å². The van der Waals surface area contributed by atoms with Gasteiger partial charge in [-0.3, -0.25) is 0 Å². The molecule has 2 aromatic carbocycles. The molecule has 0 bridgehead atoms. The highest BCUT2D eigenvalue weighted by Gasteiger charge is 2.09. The highest BCUT2D eigenvalue weighted by Crippen LogP contribution is 2.24. The molecule has 2 aromatic rings. The van der Waals surface area contributed by atoms with Crippen LogP contribution in [0.25, 0.3) is 0 Å². The van der Waals surface area contributed by atoms with Crippen molar-refractivity contribution in [2.24, 2.45) is 0 Å². The largest absolute Gasteiger partial charge is 0.492 e. The molecule has 2 rings (SSSR count). The number of rotatable bonds is 6. The molecule has 106 valence electrons. The lowest BCUT2D eigenvalue weighted by Gasteiger charge is -2.15. The Bertz CT molecular complexity index is 542. The summed E-state index contributed by atoms with van der Waals surface area (Å²) in [6, 6.07) is 13.4. The smallest absolute Gasteiger partial charge is 0.142 e. The van der Waals surface area contributed by atoms with Crippen LogP contribution in [0.2, 0.25) is 0 Å². The van der Waals surface area contributed by atoms with Crippen molar-refractivity contribution in [2.75, 3.05) is 18.5 Å². The first kappa shape index (κ1) is 14.3. The lowest BCUT2D eigenvalue weighted by atomic mass is 10.1. The highest BCUT2D eigenvalue weighted by atomic mass is 19.1. The number of hydrogen-bond donors (Lipinski definition) is 2. The van der Waals surface area contributed by atoms with Gasteiger partial charge in [0, 0.05) is 6.54 Å². The van der Waals surface area contributed by atoms with Gasteiger partial charge < -0.3 is 15.2 Å². The topological polar surface area (TPSA) is 41.5 Å². The van der Waals surface area contributed by atoms with Crippen LogP contribution in [-0.2, 0) is 0 Å². The van der Waals surface area contributed by atoms with Crippen LogP contribution in [0, 0.1) is 5.82 Å². The molecule has 20 heavy (non-hydrogen) atoms. The predicted molar refractivity (Wildman–Crippen MR) is 77.5 cm³/mol. The van der Waals surface area contributed by atoms with Gasteiger partial charge in [-0.25, -0.2) is 4.39 Å². The van der Waals surface area contributed by atoms with Crippen molar-refractivity contribution in [3.05, 3.63) is 59.9 Å². The zero-order valence-electron chi connectivity index (χ0n) is 11.3. The number of benzene rings is 2. The Kier molecular flexibility index (Phi) is 4.96. The van der Waals surface area contributed by atoms with Crippen LogP contribution in [-0.4, -0.2) is 18.3 Å². The van der Waals surface area contributed by atoms with Crippen LogP contribution in [0.5, 0.6) is 5.75 Å². The summed E-state index contributed by atoms with van der Waals surface area (Å²) in [6.45, 7) is 2.83. The van der Waals surface area contributed by atoms with E-state index in [4.69, 9.17) is 4.74 Å². The first-order valence-electron chi connectivity index (χ1n) is 6.60. The molecule has 4 heteroatoms. The minimum absolute atomic E-state index is 0.310. The van der Waals surface area contributed by atoms with Gasteiger partial charge in [-0.15, -0.1) is 0 Å². The average molecular weight is 275 g/mol. The van der Waals surface area contributed by atoms with Crippen molar-refractivity contribution >= 4 is 5.69 Å². The number of aliphatic hydroxyl groups excluding tert-OH is 1. The van der Waals surface area contributed by atoms with Crippen molar-refractivity contribution in [1.29, 1.82) is 0 Å². The van der Waals surface area contributed by atoms with Gasteiger partial charge in [-0.05, 0) is 36.8 Å². The van der Waals surface area contributed by atoms with E-state index < -0.39 is 6.10 Å². The quantitative estimate of drug-likeness (QED) is 0.849. The first-order chi connectivity index (χ1) is 9.70. The Morgan fingerprint density at radius 2 is 1.85 bits per heavy atom. The van der Waals surface area contributed by atoms with Gasteiger partial charge in [0.15, 0.2) is 0 Å². The molecule has 1 atom stereocenters. The van der Waals surface area contributed by atoms with Gasteiger partial charge in [0.25, 0.3) is 0 Å². The van der Waals surface area contributed by atoms with E-state index in [-0.39, 0.29) is 5.82 Å². The molecule has 0 aliphatic carbocycles. The van der Waals surface area contributed by atoms with Gasteiger partial charge in [-0.2, -0.15) is 0 Å². The summed E-state index contributed by atoms with van der Waals surface area (Å²) in [5.41, 5.74) is 1.50. The number of ether oxygens (including phenoxy) is 1. The molecule has 0 radical (unpaired) electrons. The molecule has 0 heterocycles. The van der Waals surface area contributed by atoms with E-state index in [1.807, 2.05) is 31.2 Å². The maximum Gasteiger partial charge on any atom is 0.142 e. The van der Waals surface area contributed by atoms with Crippen LogP contribution in [0.15, 0.2) is 48.5 Å². The molecule has 0 aliphatic heterocycles. The summed E-state index contributed by atoms with van der Waals surface area (Å²) in [6.07, 6.45) is -0.703. The van der Waals surface area contributed by atoms with E-state index in [1.54, 1.807) is 12.1 Å². The standard InChI is InChI=1S/C16H18FNO2/c1-2-20-16-6-4-3-5-14(16)18-11-15(19)12-7-9-13(17)10-8-12/h3-10,15,18-19H,2,11H2,1H3. The SMILES string of the molecule is CCOc1ccccc1NCC(O)c1ccc(F)cc1. The van der Waals surface area contributed by atoms with Gasteiger partial charge in [0.05, 0.1) is 18.4 Å². The van der Waals surface area contributed by atoms with Gasteiger partial charge in [0.2, 0.25) is 0 Å². The first-order valence-corrected chi connectivity index (χ1v) is 6.60. The molecule has 2 N–H and O–H groups in total. The third-order valence-electron chi connectivity index (χ3n) is 2.93. The summed E-state index contributed by atoms with van der Waals surface area (Å²) in [4.78, 5) is 0. The molecule has 0 aromatic heterocycles. The maximum atomic E-state index is 12.8. The lowest BCUT2D eigenvalue weighted by Crippen LogP contribution is -2.13. The molecule has 0 saturated heterocycles. The monoisotopic (exact) mass is 275 g/mol. The Hall–Kier alpha value is -2.07. The fourth-order valence-electron chi connectivity index (χ4n) is 1.90. The van der Waals surface area contributed by atoms with E-state index in [1.165, 1.54) is 12.1 Å². The second-order valence-corrected chi connectivity index (χ2v) is 4.38. The molecule has 0 saturated carbocycles. The molecular weight excluding hydrogens is 257 g/mol. The normalized spacial score (nSPS) is 11.9. The highest BCUT2D eigenvalue weighted by molar-refractivity contribution is 5.56. The summed E-state index contributed by atoms with van der Waals surface area (Å²) >= 11 is 0. The second kappa shape index (κ2) is 6.91. The summed E-state index contributed by atoms with van der Waals surface area (Å²) in [5.74, 6) is 0.442. The van der Waals surface area contributed by atoms with E-state index in [9.17, 15) is 9.50 Å². The number of aliphatic hydroxyl groups is 1. The van der Waals surface area contributed by atoms with Crippen molar-refractivity contribution in [3.63, 3.8) is 0 Å². The molecule has 1 unspecified atom stereocenters. The maximum absolute atomic E-state index is 12.8.